The molecule has 1 aliphatic heterocycles. The number of nitrogens with two attached hydrogens (primary N) is 1. The van der Waals surface area contributed by atoms with Crippen molar-refractivity contribution < 1.29 is 17.8 Å². The Hall–Kier alpha value is -1.73. The molecule has 0 aromatic rings. The average molecular weight is 244 g/mol. The first-order valence-corrected chi connectivity index (χ1v) is 5.94. The van der Waals surface area contributed by atoms with Crippen LogP contribution in [0.25, 0.3) is 0 Å². The van der Waals surface area contributed by atoms with Gasteiger partial charge in [0.25, 0.3) is 10.1 Å². The molecule has 0 aromatic heterocycles. The maximum atomic E-state index is 10.6. The summed E-state index contributed by atoms with van der Waals surface area (Å²) in [7, 11) is -3.67. The second-order valence-corrected chi connectivity index (χ2v) is 4.18. The number of allylic oxidation sites excluding steroid dienone is 3. The highest BCUT2D eigenvalue weighted by Crippen LogP contribution is 1.97. The Morgan fingerprint density at radius 3 is 2.50 bits per heavy atom. The van der Waals surface area contributed by atoms with Crippen molar-refractivity contribution in [2.45, 2.75) is 0 Å². The smallest absolute Gasteiger partial charge is 0.261 e. The van der Waals surface area contributed by atoms with E-state index in [1.54, 1.807) is 36.7 Å². The predicted octanol–water partition coefficient (Wildman–Crippen LogP) is 0.0564. The van der Waals surface area contributed by atoms with Gasteiger partial charge in [0.2, 0.25) is 5.91 Å². The molecule has 0 radical (unpaired) electrons. The minimum Gasteiger partial charge on any atom is -0.366 e. The number of aliphatic imine (C=N–C) groups is 1. The van der Waals surface area contributed by atoms with Gasteiger partial charge in [-0.15, -0.1) is 0 Å². The quantitative estimate of drug-likeness (QED) is 0.635. The fourth-order valence-electron chi connectivity index (χ4n) is 0.662. The van der Waals surface area contributed by atoms with Gasteiger partial charge in [-0.2, -0.15) is 8.42 Å². The monoisotopic (exact) mass is 244 g/mol. The zero-order valence-corrected chi connectivity index (χ0v) is 9.39. The van der Waals surface area contributed by atoms with Crippen molar-refractivity contribution in [3.63, 3.8) is 0 Å². The van der Waals surface area contributed by atoms with Crippen LogP contribution in [0.1, 0.15) is 0 Å². The van der Waals surface area contributed by atoms with E-state index < -0.39 is 16.0 Å². The van der Waals surface area contributed by atoms with Gasteiger partial charge in [-0.25, -0.2) is 0 Å². The van der Waals surface area contributed by atoms with Crippen LogP contribution in [0.4, 0.5) is 0 Å². The molecule has 0 aromatic carbocycles. The van der Waals surface area contributed by atoms with Crippen molar-refractivity contribution in [1.82, 2.24) is 0 Å². The molecule has 16 heavy (non-hydrogen) atoms. The van der Waals surface area contributed by atoms with E-state index in [1.165, 1.54) is 0 Å². The molecule has 1 amide bonds. The molecule has 0 bridgehead atoms. The van der Waals surface area contributed by atoms with Crippen LogP contribution in [-0.4, -0.2) is 31.3 Å². The van der Waals surface area contributed by atoms with Gasteiger partial charge in [-0.1, -0.05) is 0 Å². The number of rotatable bonds is 1. The van der Waals surface area contributed by atoms with Crippen molar-refractivity contribution in [3.8, 4) is 0 Å². The Morgan fingerprint density at radius 2 is 2.00 bits per heavy atom. The van der Waals surface area contributed by atoms with Crippen LogP contribution in [-0.2, 0) is 14.9 Å². The van der Waals surface area contributed by atoms with E-state index >= 15 is 0 Å². The van der Waals surface area contributed by atoms with Gasteiger partial charge in [0, 0.05) is 18.0 Å². The maximum Gasteiger partial charge on any atom is 0.261 e. The maximum absolute atomic E-state index is 10.6. The first kappa shape index (κ1) is 14.3. The molecule has 1 rings (SSSR count). The third kappa shape index (κ3) is 10.4. The summed E-state index contributed by atoms with van der Waals surface area (Å²) in [5.74, 6) is -0.429. The van der Waals surface area contributed by atoms with Crippen molar-refractivity contribution >= 4 is 22.2 Å². The summed E-state index contributed by atoms with van der Waals surface area (Å²) in [6.07, 6.45) is 10.5. The summed E-state index contributed by atoms with van der Waals surface area (Å²) < 4.78 is 25.9. The van der Waals surface area contributed by atoms with Crippen LogP contribution in [0.15, 0.2) is 41.1 Å². The average Bonchev–Trinajstić information content (AvgIpc) is 1.97. The Kier molecular flexibility index (Phi) is 5.97. The lowest BCUT2D eigenvalue weighted by molar-refractivity contribution is -0.114. The van der Waals surface area contributed by atoms with E-state index in [2.05, 4.69) is 4.99 Å². The molecule has 0 saturated carbocycles. The number of amides is 1. The first-order valence-electron chi connectivity index (χ1n) is 4.09. The Balaban J connectivity index is 0.000000385. The predicted molar refractivity (Wildman–Crippen MR) is 61.5 cm³/mol. The zero-order chi connectivity index (χ0) is 12.6. The van der Waals surface area contributed by atoms with Gasteiger partial charge in [0.05, 0.1) is 6.26 Å². The van der Waals surface area contributed by atoms with Crippen LogP contribution < -0.4 is 5.73 Å². The Labute approximate surface area is 93.6 Å². The van der Waals surface area contributed by atoms with Crippen molar-refractivity contribution in [1.29, 1.82) is 0 Å². The fourth-order valence-corrected chi connectivity index (χ4v) is 0.662. The lowest BCUT2D eigenvalue weighted by Gasteiger charge is -1.92. The van der Waals surface area contributed by atoms with Gasteiger partial charge < -0.3 is 5.73 Å². The number of nitrogens with zero attached hydrogens (tertiary/aromatic N) is 1. The number of hydrogen-bond acceptors (Lipinski definition) is 4. The second kappa shape index (κ2) is 6.70. The highest BCUT2D eigenvalue weighted by molar-refractivity contribution is 7.85. The van der Waals surface area contributed by atoms with Crippen LogP contribution >= 0.6 is 0 Å². The molecule has 0 spiro atoms. The molecular weight excluding hydrogens is 232 g/mol. The van der Waals surface area contributed by atoms with Crippen LogP contribution in [0.5, 0.6) is 0 Å². The van der Waals surface area contributed by atoms with Gasteiger partial charge >= 0.3 is 0 Å². The van der Waals surface area contributed by atoms with Gasteiger partial charge in [0.15, 0.2) is 0 Å². The number of carbonyl (C=O) groups is 1. The van der Waals surface area contributed by atoms with E-state index in [1.807, 2.05) is 0 Å². The summed E-state index contributed by atoms with van der Waals surface area (Å²) in [6.45, 7) is 0. The number of carbonyl (C=O) groups excluding carboxylic acids is 1. The molecule has 0 fully saturated rings. The van der Waals surface area contributed by atoms with Crippen molar-refractivity contribution in [3.05, 3.63) is 36.1 Å². The van der Waals surface area contributed by atoms with Crippen LogP contribution in [0.3, 0.4) is 0 Å². The fraction of sp³-hybridized carbons (Fsp3) is 0.111. The zero-order valence-electron chi connectivity index (χ0n) is 8.57. The third-order valence-corrected chi connectivity index (χ3v) is 1.18. The molecule has 0 aliphatic carbocycles. The minimum atomic E-state index is -3.67. The SMILES string of the molecule is CS(=O)(=O)O.NC(=O)C1=C/C=C\N=CC=C1. The van der Waals surface area contributed by atoms with Crippen LogP contribution in [0, 0.1) is 0 Å². The standard InChI is InChI=1S/C8H8N2O.CH4O3S/c9-8(11)7-3-1-5-10-6-2-4-7;1-5(2,3)4/h1-6H,(H2,9,11);1H3,(H,2,3,4)/b3-1?,4-2?,5-1-,6-2?,7-3?,7-4?,10-5?,10-6?;. The molecule has 0 saturated heterocycles. The highest BCUT2D eigenvalue weighted by atomic mass is 32.2. The molecule has 6 nitrogen and oxygen atoms in total. The summed E-state index contributed by atoms with van der Waals surface area (Å²) in [6, 6.07) is 0. The summed E-state index contributed by atoms with van der Waals surface area (Å²) in [5.41, 5.74) is 5.53. The summed E-state index contributed by atoms with van der Waals surface area (Å²) in [4.78, 5) is 14.5. The molecule has 0 atom stereocenters. The third-order valence-electron chi connectivity index (χ3n) is 1.18. The molecule has 3 N–H and O–H groups in total. The normalized spacial score (nSPS) is 16.2. The van der Waals surface area contributed by atoms with E-state index in [4.69, 9.17) is 10.3 Å². The topological polar surface area (TPSA) is 110 Å². The summed E-state index contributed by atoms with van der Waals surface area (Å²) in [5, 5.41) is 0. The van der Waals surface area contributed by atoms with Crippen molar-refractivity contribution in [2.75, 3.05) is 6.26 Å². The molecule has 0 unspecified atom stereocenters. The Bertz CT molecular complexity index is 450. The first-order chi connectivity index (χ1) is 7.30. The number of primary amides is 1. The van der Waals surface area contributed by atoms with Crippen LogP contribution in [0.2, 0.25) is 0 Å². The van der Waals surface area contributed by atoms with Crippen molar-refractivity contribution in [2.24, 2.45) is 10.7 Å². The second-order valence-electron chi connectivity index (χ2n) is 2.72. The highest BCUT2D eigenvalue weighted by Gasteiger charge is 1.97. The van der Waals surface area contributed by atoms with E-state index in [0.717, 1.165) is 0 Å². The molecule has 7 heteroatoms. The lowest BCUT2D eigenvalue weighted by atomic mass is 10.2. The van der Waals surface area contributed by atoms with Gasteiger partial charge in [0.1, 0.15) is 0 Å². The molecule has 1 heterocycles. The molecule has 1 aliphatic rings. The Morgan fingerprint density at radius 1 is 1.44 bits per heavy atom. The van der Waals surface area contributed by atoms with E-state index in [9.17, 15) is 13.2 Å². The lowest BCUT2D eigenvalue weighted by Crippen LogP contribution is -2.12. The summed E-state index contributed by atoms with van der Waals surface area (Å²) >= 11 is 0. The minimum absolute atomic E-state index is 0.429. The van der Waals surface area contributed by atoms with Gasteiger partial charge in [-0.3, -0.25) is 14.3 Å². The van der Waals surface area contributed by atoms with E-state index in [0.29, 0.717) is 11.8 Å². The largest absolute Gasteiger partial charge is 0.366 e. The molecule has 88 valence electrons. The molecular formula is C9H12N2O4S. The number of hydrogen-bond donors (Lipinski definition) is 2. The van der Waals surface area contributed by atoms with Gasteiger partial charge in [-0.05, 0) is 24.3 Å². The van der Waals surface area contributed by atoms with E-state index in [-0.39, 0.29) is 0 Å².